The van der Waals surface area contributed by atoms with Crippen molar-refractivity contribution < 1.29 is 22.7 Å². The number of carbonyl (C=O) groups is 1. The van der Waals surface area contributed by atoms with E-state index >= 15 is 0 Å². The van der Waals surface area contributed by atoms with Crippen molar-refractivity contribution in [2.24, 2.45) is 0 Å². The summed E-state index contributed by atoms with van der Waals surface area (Å²) >= 11 is 0. The Labute approximate surface area is 140 Å². The molecule has 0 saturated carbocycles. The third-order valence-electron chi connectivity index (χ3n) is 3.20. The largest absolute Gasteiger partial charge is 0.457 e. The highest BCUT2D eigenvalue weighted by Crippen LogP contribution is 2.24. The Kier molecular flexibility index (Phi) is 4.65. The monoisotopic (exact) mass is 344 g/mol. The first kappa shape index (κ1) is 16.5. The Bertz CT molecular complexity index is 917. The Morgan fingerprint density at radius 1 is 0.920 bits per heavy atom. The van der Waals surface area contributed by atoms with Gasteiger partial charge in [0.15, 0.2) is 5.82 Å². The second-order valence-electron chi connectivity index (χ2n) is 4.99. The van der Waals surface area contributed by atoms with Crippen molar-refractivity contribution in [3.63, 3.8) is 0 Å². The van der Waals surface area contributed by atoms with Gasteiger partial charge in [-0.05, 0) is 24.3 Å². The van der Waals surface area contributed by atoms with Gasteiger partial charge in [0.25, 0.3) is 11.9 Å². The summed E-state index contributed by atoms with van der Waals surface area (Å²) < 4.78 is 45.4. The van der Waals surface area contributed by atoms with Crippen LogP contribution in [-0.2, 0) is 0 Å². The molecule has 0 saturated heterocycles. The van der Waals surface area contributed by atoms with Crippen LogP contribution in [0.1, 0.15) is 10.4 Å². The van der Waals surface area contributed by atoms with Gasteiger partial charge < -0.3 is 10.1 Å². The van der Waals surface area contributed by atoms with E-state index in [9.17, 15) is 18.0 Å². The number of ether oxygens (including phenoxy) is 1. The number of halogens is 3. The normalized spacial score (nSPS) is 10.4. The fraction of sp³-hybridized carbons (Fsp3) is 0. The van der Waals surface area contributed by atoms with Crippen LogP contribution in [0.5, 0.6) is 11.5 Å². The van der Waals surface area contributed by atoms with Crippen molar-refractivity contribution in [2.75, 3.05) is 5.32 Å². The van der Waals surface area contributed by atoms with E-state index in [1.54, 1.807) is 36.4 Å². The highest BCUT2D eigenvalue weighted by Gasteiger charge is 2.19. The summed E-state index contributed by atoms with van der Waals surface area (Å²) in [5, 5.41) is 2.36. The van der Waals surface area contributed by atoms with Gasteiger partial charge >= 0.3 is 0 Å². The van der Waals surface area contributed by atoms with Crippen molar-refractivity contribution in [1.29, 1.82) is 0 Å². The number of hydrogen-bond acceptors (Lipinski definition) is 3. The van der Waals surface area contributed by atoms with E-state index < -0.39 is 29.2 Å². The summed E-state index contributed by atoms with van der Waals surface area (Å²) in [5.41, 5.74) is -0.505. The van der Waals surface area contributed by atoms with Crippen LogP contribution in [0, 0.1) is 17.7 Å². The van der Waals surface area contributed by atoms with E-state index in [4.69, 9.17) is 4.74 Å². The van der Waals surface area contributed by atoms with E-state index in [1.807, 2.05) is 6.07 Å². The summed E-state index contributed by atoms with van der Waals surface area (Å²) in [6.07, 6.45) is 0. The number of nitrogens with one attached hydrogen (secondary N) is 1. The van der Waals surface area contributed by atoms with Crippen molar-refractivity contribution in [1.82, 2.24) is 4.98 Å². The summed E-state index contributed by atoms with van der Waals surface area (Å²) in [7, 11) is 0. The molecule has 25 heavy (non-hydrogen) atoms. The lowest BCUT2D eigenvalue weighted by atomic mass is 10.2. The molecule has 0 bridgehead atoms. The zero-order valence-corrected chi connectivity index (χ0v) is 12.7. The average Bonchev–Trinajstić information content (AvgIpc) is 2.59. The van der Waals surface area contributed by atoms with Crippen molar-refractivity contribution in [3.05, 3.63) is 83.9 Å². The van der Waals surface area contributed by atoms with Gasteiger partial charge in [0.05, 0.1) is 5.56 Å². The van der Waals surface area contributed by atoms with Crippen LogP contribution >= 0.6 is 0 Å². The standard InChI is InChI=1S/C18H11F3N2O2/c19-15-10-14(16(20)17(21)23-15)18(24)22-11-5-4-8-13(9-11)25-12-6-2-1-3-7-12/h1-10H,(H,22,24). The van der Waals surface area contributed by atoms with Gasteiger partial charge in [0.2, 0.25) is 5.95 Å². The zero-order chi connectivity index (χ0) is 17.8. The molecule has 0 atom stereocenters. The Morgan fingerprint density at radius 2 is 1.64 bits per heavy atom. The minimum Gasteiger partial charge on any atom is -0.457 e. The van der Waals surface area contributed by atoms with Gasteiger partial charge in [-0.3, -0.25) is 4.79 Å². The third kappa shape index (κ3) is 3.95. The number of rotatable bonds is 4. The van der Waals surface area contributed by atoms with Crippen LogP contribution in [0.15, 0.2) is 60.7 Å². The molecular formula is C18H11F3N2O2. The molecule has 0 unspecified atom stereocenters. The minimum atomic E-state index is -1.67. The van der Waals surface area contributed by atoms with Gasteiger partial charge in [-0.25, -0.2) is 4.39 Å². The molecule has 1 aromatic heterocycles. The SMILES string of the molecule is O=C(Nc1cccc(Oc2ccccc2)c1)c1cc(F)nc(F)c1F. The van der Waals surface area contributed by atoms with Gasteiger partial charge in [-0.2, -0.15) is 13.8 Å². The number of carbonyl (C=O) groups excluding carboxylic acids is 1. The lowest BCUT2D eigenvalue weighted by molar-refractivity contribution is 0.102. The molecule has 1 heterocycles. The molecule has 7 heteroatoms. The second-order valence-corrected chi connectivity index (χ2v) is 4.99. The highest BCUT2D eigenvalue weighted by atomic mass is 19.2. The van der Waals surface area contributed by atoms with E-state index in [-0.39, 0.29) is 5.69 Å². The van der Waals surface area contributed by atoms with Crippen LogP contribution in [0.3, 0.4) is 0 Å². The van der Waals surface area contributed by atoms with Gasteiger partial charge in [0, 0.05) is 17.8 Å². The Hall–Kier alpha value is -3.35. The molecule has 0 spiro atoms. The maximum atomic E-state index is 13.6. The molecule has 3 aromatic rings. The summed E-state index contributed by atoms with van der Waals surface area (Å²) in [6, 6.07) is 15.8. The zero-order valence-electron chi connectivity index (χ0n) is 12.7. The van der Waals surface area contributed by atoms with Crippen molar-refractivity contribution in [2.45, 2.75) is 0 Å². The molecule has 1 amide bonds. The average molecular weight is 344 g/mol. The van der Waals surface area contributed by atoms with E-state index in [0.717, 1.165) is 0 Å². The molecule has 0 fully saturated rings. The number of aromatic nitrogens is 1. The maximum absolute atomic E-state index is 13.6. The number of anilines is 1. The van der Waals surface area contributed by atoms with Crippen LogP contribution < -0.4 is 10.1 Å². The van der Waals surface area contributed by atoms with Crippen LogP contribution in [-0.4, -0.2) is 10.9 Å². The molecule has 1 N–H and O–H groups in total. The van der Waals surface area contributed by atoms with E-state index in [1.165, 1.54) is 12.1 Å². The highest BCUT2D eigenvalue weighted by molar-refractivity contribution is 6.04. The quantitative estimate of drug-likeness (QED) is 0.707. The Morgan fingerprint density at radius 3 is 2.40 bits per heavy atom. The fourth-order valence-electron chi connectivity index (χ4n) is 2.09. The summed E-state index contributed by atoms with van der Waals surface area (Å²) in [5.74, 6) is -4.46. The first-order valence-corrected chi connectivity index (χ1v) is 7.19. The molecule has 0 aliphatic carbocycles. The van der Waals surface area contributed by atoms with Gasteiger partial charge in [-0.15, -0.1) is 0 Å². The number of hydrogen-bond donors (Lipinski definition) is 1. The molecule has 2 aromatic carbocycles. The smallest absolute Gasteiger partial charge is 0.258 e. The number of amides is 1. The number of benzene rings is 2. The Balaban J connectivity index is 1.79. The molecular weight excluding hydrogens is 333 g/mol. The molecule has 0 aliphatic heterocycles. The van der Waals surface area contributed by atoms with Crippen LogP contribution in [0.2, 0.25) is 0 Å². The summed E-state index contributed by atoms with van der Waals surface area (Å²) in [6.45, 7) is 0. The lowest BCUT2D eigenvalue weighted by Gasteiger charge is -2.09. The first-order chi connectivity index (χ1) is 12.0. The second kappa shape index (κ2) is 7.04. The van der Waals surface area contributed by atoms with E-state index in [2.05, 4.69) is 10.3 Å². The third-order valence-corrected chi connectivity index (χ3v) is 3.20. The molecule has 4 nitrogen and oxygen atoms in total. The van der Waals surface area contributed by atoms with Crippen LogP contribution in [0.25, 0.3) is 0 Å². The summed E-state index contributed by atoms with van der Waals surface area (Å²) in [4.78, 5) is 14.7. The van der Waals surface area contributed by atoms with Gasteiger partial charge in [0.1, 0.15) is 11.5 Å². The first-order valence-electron chi connectivity index (χ1n) is 7.19. The van der Waals surface area contributed by atoms with Gasteiger partial charge in [-0.1, -0.05) is 24.3 Å². The fourth-order valence-corrected chi connectivity index (χ4v) is 2.09. The van der Waals surface area contributed by atoms with Crippen LogP contribution in [0.4, 0.5) is 18.9 Å². The molecule has 0 aliphatic rings. The number of para-hydroxylation sites is 1. The van der Waals surface area contributed by atoms with E-state index in [0.29, 0.717) is 17.6 Å². The van der Waals surface area contributed by atoms with Crippen molar-refractivity contribution >= 4 is 11.6 Å². The molecule has 3 rings (SSSR count). The number of pyridine rings is 1. The van der Waals surface area contributed by atoms with Crippen molar-refractivity contribution in [3.8, 4) is 11.5 Å². The maximum Gasteiger partial charge on any atom is 0.258 e. The topological polar surface area (TPSA) is 51.2 Å². The predicted octanol–water partition coefficient (Wildman–Crippen LogP) is 4.54. The predicted molar refractivity (Wildman–Crippen MR) is 85.0 cm³/mol. The molecule has 126 valence electrons. The number of nitrogens with zero attached hydrogens (tertiary/aromatic N) is 1. The lowest BCUT2D eigenvalue weighted by Crippen LogP contribution is -2.16. The minimum absolute atomic E-state index is 0.274. The molecule has 0 radical (unpaired) electrons.